The van der Waals surface area contributed by atoms with Crippen molar-refractivity contribution in [3.8, 4) is 11.3 Å². The molecule has 17 heavy (non-hydrogen) atoms. The van der Waals surface area contributed by atoms with Gasteiger partial charge in [-0.05, 0) is 0 Å². The number of benzene rings is 1. The summed E-state index contributed by atoms with van der Waals surface area (Å²) in [6, 6.07) is 10.3. The molecule has 0 saturated carbocycles. The monoisotopic (exact) mass is 295 g/mol. The van der Waals surface area contributed by atoms with Crippen molar-refractivity contribution in [2.24, 2.45) is 4.99 Å². The Bertz CT molecular complexity index is 552. The molecular weight excluding hydrogens is 277 g/mol. The molecule has 0 amide bonds. The molecule has 4 heteroatoms. The summed E-state index contributed by atoms with van der Waals surface area (Å²) in [6.45, 7) is 5.14. The van der Waals surface area contributed by atoms with Gasteiger partial charge in [0.15, 0.2) is 0 Å². The summed E-state index contributed by atoms with van der Waals surface area (Å²) in [5.74, 6) is 6.15. The van der Waals surface area contributed by atoms with Crippen molar-refractivity contribution < 1.29 is 0 Å². The number of rotatable bonds is 3. The van der Waals surface area contributed by atoms with Crippen molar-refractivity contribution in [3.05, 3.63) is 39.1 Å². The van der Waals surface area contributed by atoms with Crippen molar-refractivity contribution in [2.75, 3.05) is 12.4 Å². The number of aromatic nitrogens is 1. The Kier molecular flexibility index (Phi) is 3.87. The first-order valence-corrected chi connectivity index (χ1v) is 7.48. The van der Waals surface area contributed by atoms with Crippen molar-refractivity contribution in [2.45, 2.75) is 20.3 Å². The van der Waals surface area contributed by atoms with Gasteiger partial charge in [-0.1, -0.05) is 0 Å². The van der Waals surface area contributed by atoms with Crippen LogP contribution in [0.4, 0.5) is 0 Å². The first-order chi connectivity index (χ1) is 8.24. The van der Waals surface area contributed by atoms with E-state index in [4.69, 9.17) is 5.84 Å². The molecule has 0 aliphatic carbocycles. The summed E-state index contributed by atoms with van der Waals surface area (Å²) in [5, 5.41) is 0. The predicted octanol–water partition coefficient (Wildman–Crippen LogP) is 1.55. The molecule has 2 N–H and O–H groups in total. The van der Waals surface area contributed by atoms with Crippen molar-refractivity contribution in [1.29, 1.82) is 0 Å². The minimum absolute atomic E-state index is 0.273. The van der Waals surface area contributed by atoms with E-state index in [2.05, 4.69) is 31.0 Å². The summed E-state index contributed by atoms with van der Waals surface area (Å²) >= 11 is 0.273. The zero-order chi connectivity index (χ0) is 12.3. The van der Waals surface area contributed by atoms with E-state index < -0.39 is 0 Å². The van der Waals surface area contributed by atoms with E-state index in [1.165, 1.54) is 10.0 Å². The summed E-state index contributed by atoms with van der Waals surface area (Å²) < 4.78 is 4.15. The van der Waals surface area contributed by atoms with Crippen LogP contribution in [0.2, 0.25) is 0 Å². The number of nitrogens with zero attached hydrogens (tertiary/aromatic N) is 2. The van der Waals surface area contributed by atoms with Gasteiger partial charge >= 0.3 is 107 Å². The molecule has 0 aliphatic heterocycles. The molecule has 2 rings (SSSR count). The second kappa shape index (κ2) is 5.39. The van der Waals surface area contributed by atoms with E-state index in [9.17, 15) is 0 Å². The second-order valence-corrected chi connectivity index (χ2v) is 6.39. The van der Waals surface area contributed by atoms with Crippen LogP contribution >= 0.6 is 0 Å². The van der Waals surface area contributed by atoms with Gasteiger partial charge < -0.3 is 0 Å². The van der Waals surface area contributed by atoms with Crippen LogP contribution in [0.5, 0.6) is 0 Å². The third kappa shape index (κ3) is 2.54. The Hall–Kier alpha value is -1.25. The maximum absolute atomic E-state index is 6.15. The summed E-state index contributed by atoms with van der Waals surface area (Å²) in [7, 11) is 0. The molecule has 3 nitrogen and oxygen atoms in total. The molecule has 1 heterocycles. The Labute approximate surface area is 107 Å². The fraction of sp³-hybridized carbons (Fsp3) is 0.308. The van der Waals surface area contributed by atoms with Gasteiger partial charge in [0.05, 0.1) is 0 Å². The van der Waals surface area contributed by atoms with Gasteiger partial charge in [-0.15, -0.1) is 0 Å². The average Bonchev–Trinajstić information content (AvgIpc) is 2.63. The fourth-order valence-corrected chi connectivity index (χ4v) is 3.71. The Morgan fingerprint density at radius 3 is 2.65 bits per heavy atom. The SMILES string of the molecule is CCCN=c1[se]c(C)c(-c2ccccc2)n1N. The molecule has 0 aliphatic rings. The third-order valence-corrected chi connectivity index (χ3v) is 4.66. The number of nitrogen functional groups attached to an aromatic ring is 1. The Balaban J connectivity index is 2.53. The zero-order valence-corrected chi connectivity index (χ0v) is 11.9. The topological polar surface area (TPSA) is 43.3 Å². The van der Waals surface area contributed by atoms with E-state index in [1.54, 1.807) is 4.68 Å². The average molecular weight is 294 g/mol. The molecular formula is C13H17N3Se. The Morgan fingerprint density at radius 1 is 1.29 bits per heavy atom. The van der Waals surface area contributed by atoms with Gasteiger partial charge in [0.25, 0.3) is 0 Å². The van der Waals surface area contributed by atoms with Crippen molar-refractivity contribution in [1.82, 2.24) is 4.68 Å². The van der Waals surface area contributed by atoms with Crippen LogP contribution in [0.3, 0.4) is 0 Å². The van der Waals surface area contributed by atoms with Gasteiger partial charge in [0.2, 0.25) is 0 Å². The van der Waals surface area contributed by atoms with Gasteiger partial charge in [-0.3, -0.25) is 0 Å². The van der Waals surface area contributed by atoms with E-state index in [-0.39, 0.29) is 14.5 Å². The molecule has 0 atom stereocenters. The van der Waals surface area contributed by atoms with Crippen LogP contribution in [-0.4, -0.2) is 25.7 Å². The van der Waals surface area contributed by atoms with Gasteiger partial charge in [-0.25, -0.2) is 0 Å². The van der Waals surface area contributed by atoms with Crippen molar-refractivity contribution >= 4 is 14.5 Å². The Morgan fingerprint density at radius 2 is 2.00 bits per heavy atom. The number of nitrogens with two attached hydrogens (primary N) is 1. The quantitative estimate of drug-likeness (QED) is 0.677. The summed E-state index contributed by atoms with van der Waals surface area (Å²) in [5.41, 5.74) is 2.30. The molecule has 0 fully saturated rings. The first-order valence-electron chi connectivity index (χ1n) is 5.77. The zero-order valence-electron chi connectivity index (χ0n) is 10.2. The van der Waals surface area contributed by atoms with E-state index >= 15 is 0 Å². The molecule has 2 aromatic rings. The molecule has 0 bridgehead atoms. The molecule has 90 valence electrons. The van der Waals surface area contributed by atoms with Gasteiger partial charge in [-0.2, -0.15) is 0 Å². The molecule has 1 aromatic carbocycles. The second-order valence-electron chi connectivity index (χ2n) is 3.91. The molecule has 1 aromatic heterocycles. The molecule has 0 radical (unpaired) electrons. The normalized spacial score (nSPS) is 12.0. The maximum atomic E-state index is 6.15. The molecule has 0 saturated heterocycles. The van der Waals surface area contributed by atoms with E-state index in [0.717, 1.165) is 23.0 Å². The van der Waals surface area contributed by atoms with Crippen molar-refractivity contribution in [3.63, 3.8) is 0 Å². The number of aryl methyl sites for hydroxylation is 1. The number of hydrogen-bond donors (Lipinski definition) is 1. The number of hydrogen-bond acceptors (Lipinski definition) is 2. The molecule has 0 unspecified atom stereocenters. The van der Waals surface area contributed by atoms with Crippen LogP contribution < -0.4 is 10.2 Å². The van der Waals surface area contributed by atoms with Gasteiger partial charge in [0.1, 0.15) is 0 Å². The minimum atomic E-state index is 0.273. The van der Waals surface area contributed by atoms with Crippen LogP contribution in [0.1, 0.15) is 17.8 Å². The van der Waals surface area contributed by atoms with E-state index in [0.29, 0.717) is 0 Å². The van der Waals surface area contributed by atoms with Crippen LogP contribution in [0, 0.1) is 6.92 Å². The van der Waals surface area contributed by atoms with Gasteiger partial charge in [0, 0.05) is 0 Å². The molecule has 0 spiro atoms. The third-order valence-electron chi connectivity index (χ3n) is 2.54. The predicted molar refractivity (Wildman–Crippen MR) is 72.4 cm³/mol. The standard InChI is InChI=1S/C13H17N3Se/c1-3-9-15-13-16(14)12(10(2)17-13)11-7-5-4-6-8-11/h4-8H,3,9,14H2,1-2H3. The van der Waals surface area contributed by atoms with Crippen LogP contribution in [0.15, 0.2) is 35.3 Å². The first kappa shape index (κ1) is 12.2. The fourth-order valence-electron chi connectivity index (χ4n) is 1.75. The summed E-state index contributed by atoms with van der Waals surface area (Å²) in [4.78, 5) is 4.55. The van der Waals surface area contributed by atoms with E-state index in [1.807, 2.05) is 18.2 Å². The summed E-state index contributed by atoms with van der Waals surface area (Å²) in [6.07, 6.45) is 1.06. The van der Waals surface area contributed by atoms with Crippen LogP contribution in [-0.2, 0) is 0 Å². The van der Waals surface area contributed by atoms with Crippen LogP contribution in [0.25, 0.3) is 11.3 Å².